The topological polar surface area (TPSA) is 46.5 Å². The molecule has 0 saturated carbocycles. The highest BCUT2D eigenvalue weighted by molar-refractivity contribution is 6.32. The Balaban J connectivity index is 2.20. The Kier molecular flexibility index (Phi) is 4.95. The lowest BCUT2D eigenvalue weighted by atomic mass is 10.2. The number of benzene rings is 2. The first-order chi connectivity index (χ1) is 10.1. The van der Waals surface area contributed by atoms with E-state index in [1.807, 2.05) is 0 Å². The zero-order valence-corrected chi connectivity index (χ0v) is 11.7. The van der Waals surface area contributed by atoms with Gasteiger partial charge in [0.2, 0.25) is 0 Å². The van der Waals surface area contributed by atoms with Gasteiger partial charge in [0.1, 0.15) is 18.2 Å². The molecule has 108 valence electrons. The molecule has 0 fully saturated rings. The van der Waals surface area contributed by atoms with E-state index in [0.717, 1.165) is 6.08 Å². The van der Waals surface area contributed by atoms with E-state index >= 15 is 0 Å². The number of halogens is 2. The molecule has 2 aromatic carbocycles. The van der Waals surface area contributed by atoms with Crippen LogP contribution in [0.1, 0.15) is 11.1 Å². The van der Waals surface area contributed by atoms with Crippen molar-refractivity contribution in [2.45, 2.75) is 6.61 Å². The predicted molar refractivity (Wildman–Crippen MR) is 78.9 cm³/mol. The average molecular weight is 307 g/mol. The molecular weight excluding hydrogens is 295 g/mol. The Morgan fingerprint density at radius 2 is 2.05 bits per heavy atom. The van der Waals surface area contributed by atoms with Crippen molar-refractivity contribution in [1.82, 2.24) is 0 Å². The van der Waals surface area contributed by atoms with Gasteiger partial charge in [0.25, 0.3) is 0 Å². The minimum absolute atomic E-state index is 0.134. The second-order valence-electron chi connectivity index (χ2n) is 4.25. The van der Waals surface area contributed by atoms with Crippen molar-refractivity contribution in [2.24, 2.45) is 0 Å². The molecule has 0 saturated heterocycles. The summed E-state index contributed by atoms with van der Waals surface area (Å²) in [6.45, 7) is 0.134. The van der Waals surface area contributed by atoms with Crippen LogP contribution in [-0.2, 0) is 11.4 Å². The number of ether oxygens (including phenoxy) is 1. The van der Waals surface area contributed by atoms with Crippen molar-refractivity contribution < 1.29 is 19.0 Å². The predicted octanol–water partition coefficient (Wildman–Crippen LogP) is 4.16. The molecule has 0 aliphatic rings. The maximum absolute atomic E-state index is 13.1. The third kappa shape index (κ3) is 4.33. The van der Waals surface area contributed by atoms with Crippen molar-refractivity contribution in [1.29, 1.82) is 0 Å². The molecule has 21 heavy (non-hydrogen) atoms. The molecule has 2 rings (SSSR count). The van der Waals surface area contributed by atoms with Crippen LogP contribution in [0.25, 0.3) is 6.08 Å². The van der Waals surface area contributed by atoms with Gasteiger partial charge >= 0.3 is 5.97 Å². The number of hydrogen-bond donors (Lipinski definition) is 1. The van der Waals surface area contributed by atoms with Gasteiger partial charge in [-0.3, -0.25) is 0 Å². The fraction of sp³-hybridized carbons (Fsp3) is 0.0625. The van der Waals surface area contributed by atoms with E-state index in [1.165, 1.54) is 18.2 Å². The number of carbonyl (C=O) groups is 1. The van der Waals surface area contributed by atoms with Crippen LogP contribution >= 0.6 is 11.6 Å². The molecule has 0 unspecified atom stereocenters. The van der Waals surface area contributed by atoms with Gasteiger partial charge in [0.05, 0.1) is 5.02 Å². The zero-order chi connectivity index (χ0) is 15.2. The van der Waals surface area contributed by atoms with Crippen LogP contribution in [0.3, 0.4) is 0 Å². The standard InChI is InChI=1S/C16H12ClFO3/c17-14-6-2-4-12(7-8-15(19)20)16(14)21-10-11-3-1-5-13(18)9-11/h1-9H,10H2,(H,19,20)/b8-7+. The van der Waals surface area contributed by atoms with Gasteiger partial charge in [-0.2, -0.15) is 0 Å². The van der Waals surface area contributed by atoms with Crippen molar-refractivity contribution in [3.8, 4) is 5.75 Å². The number of aliphatic carboxylic acids is 1. The quantitative estimate of drug-likeness (QED) is 0.844. The minimum Gasteiger partial charge on any atom is -0.487 e. The number of carboxylic acids is 1. The summed E-state index contributed by atoms with van der Waals surface area (Å²) in [5.41, 5.74) is 1.20. The van der Waals surface area contributed by atoms with Crippen LogP contribution in [-0.4, -0.2) is 11.1 Å². The van der Waals surface area contributed by atoms with E-state index in [2.05, 4.69) is 0 Å². The molecule has 3 nitrogen and oxygen atoms in total. The number of carboxylic acid groups (broad SMARTS) is 1. The first kappa shape index (κ1) is 15.1. The highest BCUT2D eigenvalue weighted by atomic mass is 35.5. The third-order valence-corrected chi connectivity index (χ3v) is 2.97. The normalized spacial score (nSPS) is 10.8. The third-order valence-electron chi connectivity index (χ3n) is 2.68. The molecule has 0 amide bonds. The summed E-state index contributed by atoms with van der Waals surface area (Å²) in [5.74, 6) is -1.05. The Bertz CT molecular complexity index is 683. The van der Waals surface area contributed by atoms with Crippen LogP contribution in [0.5, 0.6) is 5.75 Å². The summed E-state index contributed by atoms with van der Waals surface area (Å²) in [6, 6.07) is 11.0. The van der Waals surface area contributed by atoms with Crippen LogP contribution in [0.2, 0.25) is 5.02 Å². The summed E-state index contributed by atoms with van der Waals surface area (Å²) < 4.78 is 18.7. The Morgan fingerprint density at radius 1 is 1.29 bits per heavy atom. The summed E-state index contributed by atoms with van der Waals surface area (Å²) >= 11 is 6.06. The first-order valence-corrected chi connectivity index (χ1v) is 6.51. The number of para-hydroxylation sites is 1. The Morgan fingerprint density at radius 3 is 2.76 bits per heavy atom. The van der Waals surface area contributed by atoms with Crippen molar-refractivity contribution >= 4 is 23.6 Å². The van der Waals surface area contributed by atoms with E-state index in [0.29, 0.717) is 21.9 Å². The lowest BCUT2D eigenvalue weighted by molar-refractivity contribution is -0.131. The summed E-state index contributed by atoms with van der Waals surface area (Å²) in [5, 5.41) is 9.03. The molecule has 2 aromatic rings. The summed E-state index contributed by atoms with van der Waals surface area (Å²) in [6.07, 6.45) is 2.40. The van der Waals surface area contributed by atoms with E-state index < -0.39 is 5.97 Å². The van der Waals surface area contributed by atoms with Gasteiger partial charge in [-0.05, 0) is 29.8 Å². The van der Waals surface area contributed by atoms with Gasteiger partial charge in [-0.25, -0.2) is 9.18 Å². The fourth-order valence-corrected chi connectivity index (χ4v) is 1.99. The van der Waals surface area contributed by atoms with E-state index in [1.54, 1.807) is 30.3 Å². The fourth-order valence-electron chi connectivity index (χ4n) is 1.75. The average Bonchev–Trinajstić information content (AvgIpc) is 2.44. The van der Waals surface area contributed by atoms with Crippen LogP contribution in [0, 0.1) is 5.82 Å². The molecular formula is C16H12ClFO3. The van der Waals surface area contributed by atoms with Gasteiger partial charge in [0, 0.05) is 11.6 Å². The van der Waals surface area contributed by atoms with Crippen LogP contribution < -0.4 is 4.74 Å². The molecule has 0 spiro atoms. The highest BCUT2D eigenvalue weighted by Gasteiger charge is 2.07. The summed E-state index contributed by atoms with van der Waals surface area (Å²) in [4.78, 5) is 10.6. The molecule has 0 radical (unpaired) electrons. The van der Waals surface area contributed by atoms with Crippen molar-refractivity contribution in [2.75, 3.05) is 0 Å². The molecule has 0 aliphatic carbocycles. The largest absolute Gasteiger partial charge is 0.487 e. The SMILES string of the molecule is O=C(O)/C=C/c1cccc(Cl)c1OCc1cccc(F)c1. The van der Waals surface area contributed by atoms with Gasteiger partial charge < -0.3 is 9.84 Å². The lowest BCUT2D eigenvalue weighted by Crippen LogP contribution is -1.98. The maximum Gasteiger partial charge on any atom is 0.328 e. The van der Waals surface area contributed by atoms with E-state index in [4.69, 9.17) is 21.4 Å². The molecule has 0 atom stereocenters. The van der Waals surface area contributed by atoms with Gasteiger partial charge in [0.15, 0.2) is 0 Å². The lowest BCUT2D eigenvalue weighted by Gasteiger charge is -2.11. The van der Waals surface area contributed by atoms with E-state index in [9.17, 15) is 9.18 Å². The minimum atomic E-state index is -1.06. The number of hydrogen-bond acceptors (Lipinski definition) is 2. The van der Waals surface area contributed by atoms with Crippen LogP contribution in [0.15, 0.2) is 48.5 Å². The summed E-state index contributed by atoms with van der Waals surface area (Å²) in [7, 11) is 0. The van der Waals surface area contributed by atoms with Crippen LogP contribution in [0.4, 0.5) is 4.39 Å². The van der Waals surface area contributed by atoms with Crippen molar-refractivity contribution in [3.63, 3.8) is 0 Å². The number of rotatable bonds is 5. The zero-order valence-electron chi connectivity index (χ0n) is 10.9. The molecule has 0 aliphatic heterocycles. The molecule has 5 heteroatoms. The second-order valence-corrected chi connectivity index (χ2v) is 4.66. The Hall–Kier alpha value is -2.33. The monoisotopic (exact) mass is 306 g/mol. The van der Waals surface area contributed by atoms with Gasteiger partial charge in [-0.1, -0.05) is 35.9 Å². The smallest absolute Gasteiger partial charge is 0.328 e. The molecule has 0 aromatic heterocycles. The second kappa shape index (κ2) is 6.90. The van der Waals surface area contributed by atoms with E-state index in [-0.39, 0.29) is 12.4 Å². The molecule has 0 heterocycles. The highest BCUT2D eigenvalue weighted by Crippen LogP contribution is 2.30. The molecule has 0 bridgehead atoms. The Labute approximate surface area is 126 Å². The van der Waals surface area contributed by atoms with Crippen molar-refractivity contribution in [3.05, 3.63) is 70.5 Å². The van der Waals surface area contributed by atoms with Gasteiger partial charge in [-0.15, -0.1) is 0 Å². The maximum atomic E-state index is 13.1. The first-order valence-electron chi connectivity index (χ1n) is 6.13. The molecule has 1 N–H and O–H groups in total.